The van der Waals surface area contributed by atoms with Crippen molar-refractivity contribution < 1.29 is 18.7 Å². The third-order valence-electron chi connectivity index (χ3n) is 5.39. The Hall–Kier alpha value is -2.73. The summed E-state index contributed by atoms with van der Waals surface area (Å²) in [6.07, 6.45) is 0.676. The highest BCUT2D eigenvalue weighted by Gasteiger charge is 2.40. The number of rotatable bonds is 5. The van der Waals surface area contributed by atoms with E-state index in [9.17, 15) is 14.0 Å². The Kier molecular flexibility index (Phi) is 6.56. The molecule has 0 saturated carbocycles. The summed E-state index contributed by atoms with van der Waals surface area (Å²) in [6, 6.07) is 13.8. The number of hydrogen-bond acceptors (Lipinski definition) is 3. The van der Waals surface area contributed by atoms with E-state index in [1.54, 1.807) is 12.1 Å². The Morgan fingerprint density at radius 1 is 1.00 bits per heavy atom. The summed E-state index contributed by atoms with van der Waals surface area (Å²) in [5, 5.41) is 5.95. The van der Waals surface area contributed by atoms with Crippen LogP contribution >= 0.6 is 0 Å². The Labute approximate surface area is 177 Å². The van der Waals surface area contributed by atoms with Gasteiger partial charge in [0, 0.05) is 36.9 Å². The molecule has 160 valence electrons. The zero-order valence-electron chi connectivity index (χ0n) is 17.9. The average molecular weight is 413 g/mol. The number of hydrogen-bond donors (Lipinski definition) is 2. The molecule has 2 N–H and O–H groups in total. The minimum Gasteiger partial charge on any atom is -0.365 e. The van der Waals surface area contributed by atoms with Crippen molar-refractivity contribution in [2.75, 3.05) is 5.32 Å². The number of carbonyl (C=O) groups is 2. The maximum absolute atomic E-state index is 13.4. The van der Waals surface area contributed by atoms with Crippen LogP contribution in [-0.4, -0.2) is 17.4 Å². The fourth-order valence-corrected chi connectivity index (χ4v) is 3.79. The van der Waals surface area contributed by atoms with Crippen LogP contribution in [0.2, 0.25) is 0 Å². The van der Waals surface area contributed by atoms with E-state index in [1.807, 2.05) is 45.0 Å². The van der Waals surface area contributed by atoms with Crippen LogP contribution in [0.25, 0.3) is 0 Å². The van der Waals surface area contributed by atoms with Gasteiger partial charge in [0.05, 0.1) is 12.2 Å². The smallest absolute Gasteiger partial charge is 0.222 e. The summed E-state index contributed by atoms with van der Waals surface area (Å²) in [5.41, 5.74) is 2.08. The molecule has 0 aromatic heterocycles. The van der Waals surface area contributed by atoms with E-state index in [2.05, 4.69) is 10.6 Å². The minimum absolute atomic E-state index is 0.00277. The van der Waals surface area contributed by atoms with Gasteiger partial charge in [-0.15, -0.1) is 0 Å². The average Bonchev–Trinajstić information content (AvgIpc) is 2.67. The zero-order valence-corrected chi connectivity index (χ0v) is 17.9. The molecule has 3 atom stereocenters. The maximum Gasteiger partial charge on any atom is 0.222 e. The number of nitrogens with one attached hydrogen (secondary N) is 2. The third kappa shape index (κ3) is 5.45. The lowest BCUT2D eigenvalue weighted by molar-refractivity contribution is -0.131. The van der Waals surface area contributed by atoms with Crippen molar-refractivity contribution in [1.82, 2.24) is 5.32 Å². The number of ether oxygens (including phenoxy) is 1. The van der Waals surface area contributed by atoms with Crippen molar-refractivity contribution in [3.63, 3.8) is 0 Å². The van der Waals surface area contributed by atoms with Crippen LogP contribution < -0.4 is 10.6 Å². The van der Waals surface area contributed by atoms with Gasteiger partial charge in [0.25, 0.3) is 0 Å². The first kappa shape index (κ1) is 22.0. The first-order valence-electron chi connectivity index (χ1n) is 10.3. The third-order valence-corrected chi connectivity index (χ3v) is 5.39. The lowest BCUT2D eigenvalue weighted by Crippen LogP contribution is -2.52. The van der Waals surface area contributed by atoms with Crippen LogP contribution in [0.3, 0.4) is 0 Å². The molecule has 2 aromatic carbocycles. The number of benzene rings is 2. The fourth-order valence-electron chi connectivity index (χ4n) is 3.79. The zero-order chi connectivity index (χ0) is 21.9. The lowest BCUT2D eigenvalue weighted by Gasteiger charge is -2.43. The van der Waals surface area contributed by atoms with Crippen LogP contribution in [0.5, 0.6) is 0 Å². The molecule has 1 fully saturated rings. The van der Waals surface area contributed by atoms with Gasteiger partial charge in [-0.3, -0.25) is 9.59 Å². The molecule has 1 aliphatic rings. The molecule has 0 radical (unpaired) electrons. The van der Waals surface area contributed by atoms with Crippen LogP contribution in [0.4, 0.5) is 10.1 Å². The Bertz CT molecular complexity index is 896. The highest BCUT2D eigenvalue weighted by Crippen LogP contribution is 2.44. The van der Waals surface area contributed by atoms with Gasteiger partial charge in [-0.25, -0.2) is 4.39 Å². The van der Waals surface area contributed by atoms with Crippen molar-refractivity contribution in [2.45, 2.75) is 58.3 Å². The van der Waals surface area contributed by atoms with Crippen LogP contribution in [0, 0.1) is 11.7 Å². The van der Waals surface area contributed by atoms with Crippen LogP contribution in [0.1, 0.15) is 63.9 Å². The Morgan fingerprint density at radius 2 is 1.50 bits per heavy atom. The summed E-state index contributed by atoms with van der Waals surface area (Å²) in [4.78, 5) is 23.7. The second kappa shape index (κ2) is 8.96. The molecule has 1 heterocycles. The van der Waals surface area contributed by atoms with Gasteiger partial charge in [-0.1, -0.05) is 38.1 Å². The predicted octanol–water partition coefficient (Wildman–Crippen LogP) is 4.91. The molecule has 0 spiro atoms. The molecule has 3 rings (SSSR count). The molecule has 0 aliphatic carbocycles. The Morgan fingerprint density at radius 3 is 1.97 bits per heavy atom. The lowest BCUT2D eigenvalue weighted by atomic mass is 9.81. The first-order chi connectivity index (χ1) is 14.1. The van der Waals surface area contributed by atoms with E-state index in [0.717, 1.165) is 11.1 Å². The number of anilines is 1. The second-order valence-electron chi connectivity index (χ2n) is 8.58. The van der Waals surface area contributed by atoms with Gasteiger partial charge in [0.2, 0.25) is 11.8 Å². The highest BCUT2D eigenvalue weighted by molar-refractivity contribution is 5.88. The summed E-state index contributed by atoms with van der Waals surface area (Å²) in [7, 11) is 0. The number of amides is 2. The molecule has 6 heteroatoms. The fraction of sp³-hybridized carbons (Fsp3) is 0.417. The molecule has 2 aromatic rings. The van der Waals surface area contributed by atoms with Gasteiger partial charge in [0.15, 0.2) is 0 Å². The molecule has 1 saturated heterocycles. The normalized spacial score (nSPS) is 23.8. The molecule has 0 unspecified atom stereocenters. The molecule has 5 nitrogen and oxygen atoms in total. The summed E-state index contributed by atoms with van der Waals surface area (Å²) in [5.74, 6) is -0.547. The monoisotopic (exact) mass is 412 g/mol. The van der Waals surface area contributed by atoms with Gasteiger partial charge in [0.1, 0.15) is 5.82 Å². The minimum atomic E-state index is -0.473. The van der Waals surface area contributed by atoms with Crippen LogP contribution in [0.15, 0.2) is 48.5 Å². The second-order valence-corrected chi connectivity index (χ2v) is 8.58. The van der Waals surface area contributed by atoms with E-state index in [4.69, 9.17) is 4.74 Å². The molecule has 1 aliphatic heterocycles. The quantitative estimate of drug-likeness (QED) is 0.733. The molecular weight excluding hydrogens is 383 g/mol. The van der Waals surface area contributed by atoms with E-state index < -0.39 is 5.54 Å². The molecule has 0 bridgehead atoms. The van der Waals surface area contributed by atoms with E-state index >= 15 is 0 Å². The van der Waals surface area contributed by atoms with Gasteiger partial charge >= 0.3 is 0 Å². The van der Waals surface area contributed by atoms with E-state index in [1.165, 1.54) is 19.1 Å². The Balaban J connectivity index is 1.88. The largest absolute Gasteiger partial charge is 0.365 e. The summed E-state index contributed by atoms with van der Waals surface area (Å²) < 4.78 is 19.8. The summed E-state index contributed by atoms with van der Waals surface area (Å²) >= 11 is 0. The van der Waals surface area contributed by atoms with Crippen molar-refractivity contribution in [3.8, 4) is 0 Å². The van der Waals surface area contributed by atoms with Gasteiger partial charge in [-0.2, -0.15) is 0 Å². The van der Waals surface area contributed by atoms with E-state index in [0.29, 0.717) is 18.5 Å². The SMILES string of the molecule is CC(=O)Nc1ccc([C@H]2C[C@@](C)(NC(=O)C(C)C)C[C@@H](c3ccc(F)cc3)O2)cc1. The molecule has 30 heavy (non-hydrogen) atoms. The van der Waals surface area contributed by atoms with Crippen LogP contribution in [-0.2, 0) is 14.3 Å². The maximum atomic E-state index is 13.4. The van der Waals surface area contributed by atoms with Gasteiger partial charge < -0.3 is 15.4 Å². The topological polar surface area (TPSA) is 67.4 Å². The number of carbonyl (C=O) groups excluding carboxylic acids is 2. The highest BCUT2D eigenvalue weighted by atomic mass is 19.1. The first-order valence-corrected chi connectivity index (χ1v) is 10.3. The van der Waals surface area contributed by atoms with E-state index in [-0.39, 0.29) is 35.8 Å². The molecule has 2 amide bonds. The predicted molar refractivity (Wildman–Crippen MR) is 114 cm³/mol. The summed E-state index contributed by atoms with van der Waals surface area (Å²) in [6.45, 7) is 7.24. The van der Waals surface area contributed by atoms with Crippen molar-refractivity contribution >= 4 is 17.5 Å². The van der Waals surface area contributed by atoms with Crippen molar-refractivity contribution in [1.29, 1.82) is 0 Å². The number of halogens is 1. The standard InChI is InChI=1S/C24H29FN2O3/c1-15(2)23(29)27-24(4)13-21(17-5-9-19(25)10-6-17)30-22(14-24)18-7-11-20(12-8-18)26-16(3)28/h5-12,15,21-22H,13-14H2,1-4H3,(H,26,28)(H,27,29)/t21-,22+,24-/m0/s1. The van der Waals surface area contributed by atoms with Crippen molar-refractivity contribution in [2.24, 2.45) is 5.92 Å². The van der Waals surface area contributed by atoms with Gasteiger partial charge in [-0.05, 0) is 42.3 Å². The van der Waals surface area contributed by atoms with Crippen molar-refractivity contribution in [3.05, 3.63) is 65.5 Å². The molecular formula is C24H29FN2O3.